The molecule has 2 N–H and O–H groups in total. The van der Waals surface area contributed by atoms with Gasteiger partial charge in [-0.25, -0.2) is 14.8 Å². The maximum absolute atomic E-state index is 12.0. The molecule has 2 aromatic heterocycles. The third kappa shape index (κ3) is 7.19. The van der Waals surface area contributed by atoms with Crippen LogP contribution in [-0.2, 0) is 11.3 Å². The minimum atomic E-state index is -0.540. The van der Waals surface area contributed by atoms with Crippen molar-refractivity contribution in [1.82, 2.24) is 19.9 Å². The molecule has 0 spiro atoms. The van der Waals surface area contributed by atoms with Crippen LogP contribution in [0.15, 0.2) is 61.1 Å². The maximum Gasteiger partial charge on any atom is 0.407 e. The molecule has 9 heteroatoms. The number of amides is 1. The molecule has 0 radical (unpaired) electrons. The van der Waals surface area contributed by atoms with Gasteiger partial charge in [-0.2, -0.15) is 0 Å². The molecule has 5 rings (SSSR count). The summed E-state index contributed by atoms with van der Waals surface area (Å²) in [6.45, 7) is 9.24. The lowest BCUT2D eigenvalue weighted by molar-refractivity contribution is 0.0526. The van der Waals surface area contributed by atoms with E-state index in [1.54, 1.807) is 0 Å². The highest BCUT2D eigenvalue weighted by Gasteiger charge is 2.22. The van der Waals surface area contributed by atoms with Crippen LogP contribution in [0.4, 0.5) is 16.3 Å². The first-order valence-corrected chi connectivity index (χ1v) is 13.3. The number of benzene rings is 2. The second-order valence-corrected chi connectivity index (χ2v) is 10.8. The molecule has 2 heterocycles. The fraction of sp³-hybridized carbons (Fsp3) is 0.367. The van der Waals surface area contributed by atoms with Crippen molar-refractivity contribution < 1.29 is 19.0 Å². The number of nitrogens with one attached hydrogen (secondary N) is 2. The summed E-state index contributed by atoms with van der Waals surface area (Å²) in [4.78, 5) is 20.9. The molecule has 1 fully saturated rings. The van der Waals surface area contributed by atoms with E-state index in [2.05, 4.69) is 20.6 Å². The van der Waals surface area contributed by atoms with Gasteiger partial charge in [0.2, 0.25) is 0 Å². The zero-order valence-corrected chi connectivity index (χ0v) is 22.9. The summed E-state index contributed by atoms with van der Waals surface area (Å²) in [5, 5.41) is 6.22. The molecule has 2 aromatic carbocycles. The number of hydrogen-bond donors (Lipinski definition) is 2. The van der Waals surface area contributed by atoms with E-state index in [1.165, 1.54) is 19.2 Å². The monoisotopic (exact) mass is 529 g/mol. The first kappa shape index (κ1) is 26.3. The van der Waals surface area contributed by atoms with Crippen LogP contribution in [-0.4, -0.2) is 39.4 Å². The van der Waals surface area contributed by atoms with E-state index in [0.717, 1.165) is 46.1 Å². The van der Waals surface area contributed by atoms with Crippen molar-refractivity contribution in [3.05, 3.63) is 66.6 Å². The van der Waals surface area contributed by atoms with Gasteiger partial charge in [0.15, 0.2) is 5.82 Å². The second kappa shape index (κ2) is 11.2. The van der Waals surface area contributed by atoms with E-state index < -0.39 is 11.7 Å². The van der Waals surface area contributed by atoms with E-state index in [-0.39, 0.29) is 0 Å². The SMILES string of the molecule is Cc1cc(Nc2ncnc3ccn(CCNC(=O)OC(C)(C)C)c23)ccc1Oc1cccc(OCC2CC2)c1. The number of aryl methyl sites for hydroxylation is 1. The molecular weight excluding hydrogens is 494 g/mol. The van der Waals surface area contributed by atoms with Crippen LogP contribution in [0.5, 0.6) is 17.2 Å². The van der Waals surface area contributed by atoms with E-state index in [0.29, 0.717) is 24.8 Å². The largest absolute Gasteiger partial charge is 0.493 e. The topological polar surface area (TPSA) is 99.5 Å². The number of alkyl carbamates (subject to hydrolysis) is 1. The van der Waals surface area contributed by atoms with Crippen molar-refractivity contribution in [3.8, 4) is 17.2 Å². The van der Waals surface area contributed by atoms with Crippen LogP contribution in [0.25, 0.3) is 11.0 Å². The lowest BCUT2D eigenvalue weighted by Crippen LogP contribution is -2.34. The molecule has 39 heavy (non-hydrogen) atoms. The first-order valence-electron chi connectivity index (χ1n) is 13.3. The average molecular weight is 530 g/mol. The van der Waals surface area contributed by atoms with Gasteiger partial charge in [-0.3, -0.25) is 0 Å². The number of nitrogens with zero attached hydrogens (tertiary/aromatic N) is 3. The molecule has 0 unspecified atom stereocenters. The Balaban J connectivity index is 1.25. The van der Waals surface area contributed by atoms with Gasteiger partial charge in [-0.1, -0.05) is 6.07 Å². The van der Waals surface area contributed by atoms with E-state index >= 15 is 0 Å². The van der Waals surface area contributed by atoms with Gasteiger partial charge in [-0.05, 0) is 88.4 Å². The summed E-state index contributed by atoms with van der Waals surface area (Å²) in [5.41, 5.74) is 2.98. The summed E-state index contributed by atoms with van der Waals surface area (Å²) in [7, 11) is 0. The minimum absolute atomic E-state index is 0.408. The third-order valence-electron chi connectivity index (χ3n) is 6.22. The van der Waals surface area contributed by atoms with Crippen LogP contribution in [0.3, 0.4) is 0 Å². The predicted octanol–water partition coefficient (Wildman–Crippen LogP) is 6.59. The van der Waals surface area contributed by atoms with Crippen molar-refractivity contribution in [2.75, 3.05) is 18.5 Å². The van der Waals surface area contributed by atoms with E-state index in [4.69, 9.17) is 14.2 Å². The molecule has 204 valence electrons. The van der Waals surface area contributed by atoms with Crippen LogP contribution in [0.2, 0.25) is 0 Å². The highest BCUT2D eigenvalue weighted by atomic mass is 16.6. The van der Waals surface area contributed by atoms with Gasteiger partial charge in [0.25, 0.3) is 0 Å². The Hall–Kier alpha value is -4.27. The summed E-state index contributed by atoms with van der Waals surface area (Å²) in [6.07, 6.45) is 5.55. The molecule has 0 aliphatic heterocycles. The number of anilines is 2. The number of hydrogen-bond acceptors (Lipinski definition) is 7. The molecule has 0 bridgehead atoms. The van der Waals surface area contributed by atoms with E-state index in [1.807, 2.05) is 87.0 Å². The standard InChI is InChI=1S/C30H35N5O4/c1-20-16-22(10-11-26(20)38-24-7-5-6-23(17-24)37-18-21-8-9-21)34-28-27-25(32-19-33-28)12-14-35(27)15-13-31-29(36)39-30(2,3)4/h5-7,10-12,14,16-17,19,21H,8-9,13,15,18H2,1-4H3,(H,31,36)(H,32,33,34). The van der Waals surface area contributed by atoms with Gasteiger partial charge in [0.1, 0.15) is 34.7 Å². The summed E-state index contributed by atoms with van der Waals surface area (Å²) >= 11 is 0. The number of aromatic nitrogens is 3. The first-order chi connectivity index (χ1) is 18.7. The molecule has 0 atom stereocenters. The minimum Gasteiger partial charge on any atom is -0.493 e. The van der Waals surface area contributed by atoms with Gasteiger partial charge in [-0.15, -0.1) is 0 Å². The zero-order chi connectivity index (χ0) is 27.4. The van der Waals surface area contributed by atoms with Crippen molar-refractivity contribution in [1.29, 1.82) is 0 Å². The Labute approximate surface area is 228 Å². The number of ether oxygens (including phenoxy) is 3. The van der Waals surface area contributed by atoms with Crippen molar-refractivity contribution in [2.24, 2.45) is 5.92 Å². The van der Waals surface area contributed by atoms with Crippen LogP contribution in [0.1, 0.15) is 39.2 Å². The molecule has 1 aliphatic rings. The van der Waals surface area contributed by atoms with Crippen LogP contribution in [0, 0.1) is 12.8 Å². The summed E-state index contributed by atoms with van der Waals surface area (Å²) in [5.74, 6) is 3.71. The molecule has 4 aromatic rings. The maximum atomic E-state index is 12.0. The fourth-order valence-corrected chi connectivity index (χ4v) is 4.13. The number of carbonyl (C=O) groups is 1. The number of carbonyl (C=O) groups excluding carboxylic acids is 1. The quantitative estimate of drug-likeness (QED) is 0.239. The highest BCUT2D eigenvalue weighted by molar-refractivity contribution is 5.88. The van der Waals surface area contributed by atoms with Gasteiger partial charge in [0, 0.05) is 31.0 Å². The Bertz CT molecular complexity index is 1460. The normalized spacial score (nSPS) is 13.2. The highest BCUT2D eigenvalue weighted by Crippen LogP contribution is 2.33. The Morgan fingerprint density at radius 1 is 1.08 bits per heavy atom. The molecule has 0 saturated heterocycles. The van der Waals surface area contributed by atoms with Gasteiger partial charge >= 0.3 is 6.09 Å². The summed E-state index contributed by atoms with van der Waals surface area (Å²) in [6, 6.07) is 15.6. The summed E-state index contributed by atoms with van der Waals surface area (Å²) < 4.78 is 19.4. The fourth-order valence-electron chi connectivity index (χ4n) is 4.13. The van der Waals surface area contributed by atoms with Crippen molar-refractivity contribution >= 4 is 28.6 Å². The van der Waals surface area contributed by atoms with Crippen molar-refractivity contribution in [2.45, 2.75) is 52.7 Å². The third-order valence-corrected chi connectivity index (χ3v) is 6.22. The van der Waals surface area contributed by atoms with Crippen molar-refractivity contribution in [3.63, 3.8) is 0 Å². The molecule has 1 saturated carbocycles. The number of fused-ring (bicyclic) bond motifs is 1. The zero-order valence-electron chi connectivity index (χ0n) is 22.9. The molecule has 9 nitrogen and oxygen atoms in total. The smallest absolute Gasteiger partial charge is 0.407 e. The Morgan fingerprint density at radius 2 is 1.90 bits per heavy atom. The molecular formula is C30H35N5O4. The average Bonchev–Trinajstić information content (AvgIpc) is 3.62. The van der Waals surface area contributed by atoms with Crippen LogP contribution >= 0.6 is 0 Å². The lowest BCUT2D eigenvalue weighted by atomic mass is 10.2. The lowest BCUT2D eigenvalue weighted by Gasteiger charge is -2.19. The van der Waals surface area contributed by atoms with Crippen LogP contribution < -0.4 is 20.1 Å². The van der Waals surface area contributed by atoms with E-state index in [9.17, 15) is 4.79 Å². The Morgan fingerprint density at radius 3 is 2.67 bits per heavy atom. The van der Waals surface area contributed by atoms with Gasteiger partial charge < -0.3 is 29.4 Å². The van der Waals surface area contributed by atoms with Gasteiger partial charge in [0.05, 0.1) is 12.1 Å². The Kier molecular flexibility index (Phi) is 7.58. The molecule has 1 amide bonds. The second-order valence-electron chi connectivity index (χ2n) is 10.8. The molecule has 1 aliphatic carbocycles. The predicted molar refractivity (Wildman–Crippen MR) is 151 cm³/mol. The number of rotatable bonds is 10.